The molecule has 9 heteroatoms. The molecule has 0 fully saturated rings. The van der Waals surface area contributed by atoms with E-state index in [0.29, 0.717) is 0 Å². The summed E-state index contributed by atoms with van der Waals surface area (Å²) in [6, 6.07) is 0. The minimum absolute atomic E-state index is 0.000000000000000444. The highest BCUT2D eigenvalue weighted by Crippen LogP contribution is 2.09. The molecule has 0 aliphatic carbocycles. The summed E-state index contributed by atoms with van der Waals surface area (Å²) in [4.78, 5) is 12.4. The molecule has 0 unspecified atom stereocenters. The molecule has 0 aliphatic rings. The van der Waals surface area contributed by atoms with Gasteiger partial charge in [0.2, 0.25) is 11.9 Å². The van der Waals surface area contributed by atoms with Crippen LogP contribution in [-0.2, 0) is 6.61 Å². The Morgan fingerprint density at radius 2 is 1.69 bits per heavy atom. The Morgan fingerprint density at radius 1 is 1.00 bits per heavy atom. The molecule has 5 N–H and O–H groups in total. The number of nitrogens with zero attached hydrogens (tertiary/aromatic N) is 4. The first-order chi connectivity index (χ1) is 7.74. The van der Waals surface area contributed by atoms with Crippen LogP contribution >= 0.6 is 0 Å². The number of aliphatic hydroxyl groups excluding tert-OH is 4. The first-order valence-electron chi connectivity index (χ1n) is 4.42. The van der Waals surface area contributed by atoms with Crippen LogP contribution in [0, 0.1) is 0 Å². The molecule has 0 aliphatic heterocycles. The topological polar surface area (TPSA) is 135 Å². The van der Waals surface area contributed by atoms with Crippen molar-refractivity contribution in [2.75, 3.05) is 30.4 Å². The molecule has 90 valence electrons. The molecule has 0 saturated carbocycles. The highest BCUT2D eigenvalue weighted by molar-refractivity contribution is 5.35. The van der Waals surface area contributed by atoms with Gasteiger partial charge in [0.25, 0.3) is 0 Å². The van der Waals surface area contributed by atoms with Gasteiger partial charge in [0, 0.05) is 0 Å². The maximum absolute atomic E-state index is 8.90. The fourth-order valence-electron chi connectivity index (χ4n) is 0.941. The lowest BCUT2D eigenvalue weighted by Gasteiger charge is -2.17. The van der Waals surface area contributed by atoms with Crippen LogP contribution in [0.25, 0.3) is 0 Å². The van der Waals surface area contributed by atoms with Crippen LogP contribution in [0.3, 0.4) is 0 Å². The average molecular weight is 231 g/mol. The van der Waals surface area contributed by atoms with Crippen LogP contribution < -0.4 is 10.2 Å². The average Bonchev–Trinajstić information content (AvgIpc) is 2.31. The molecule has 0 bridgehead atoms. The molecule has 0 saturated heterocycles. The zero-order valence-corrected chi connectivity index (χ0v) is 8.41. The van der Waals surface area contributed by atoms with E-state index in [0.717, 1.165) is 4.90 Å². The number of rotatable bonds is 6. The standard InChI is InChI=1S/C7H13N5O4/c13-1-5-9-6(8-2-14)11-7(10-5)12(3-15)4-16/h13-16H,1-4H2,(H,8,9,10,11). The van der Waals surface area contributed by atoms with Gasteiger partial charge in [-0.1, -0.05) is 0 Å². The Morgan fingerprint density at radius 3 is 2.19 bits per heavy atom. The van der Waals surface area contributed by atoms with Crippen LogP contribution in [-0.4, -0.2) is 55.6 Å². The predicted molar refractivity (Wildman–Crippen MR) is 53.1 cm³/mol. The van der Waals surface area contributed by atoms with Crippen molar-refractivity contribution >= 4 is 11.9 Å². The molecule has 0 spiro atoms. The Balaban J connectivity index is 3.02. The largest absolute Gasteiger partial charge is 0.388 e. The Hall–Kier alpha value is -1.55. The molecule has 16 heavy (non-hydrogen) atoms. The van der Waals surface area contributed by atoms with Crippen molar-refractivity contribution in [2.45, 2.75) is 6.61 Å². The number of anilines is 2. The zero-order chi connectivity index (χ0) is 12.0. The number of aliphatic hydroxyl groups is 4. The van der Waals surface area contributed by atoms with Gasteiger partial charge in [0.05, 0.1) is 0 Å². The third-order valence-corrected chi connectivity index (χ3v) is 1.67. The smallest absolute Gasteiger partial charge is 0.234 e. The van der Waals surface area contributed by atoms with Crippen molar-refractivity contribution in [1.29, 1.82) is 0 Å². The van der Waals surface area contributed by atoms with Gasteiger partial charge < -0.3 is 25.7 Å². The summed E-state index contributed by atoms with van der Waals surface area (Å²) in [7, 11) is 0. The highest BCUT2D eigenvalue weighted by Gasteiger charge is 2.11. The van der Waals surface area contributed by atoms with Gasteiger partial charge in [-0.3, -0.25) is 4.90 Å². The summed E-state index contributed by atoms with van der Waals surface area (Å²) in [5.41, 5.74) is 0. The summed E-state index contributed by atoms with van der Waals surface area (Å²) in [6.45, 7) is -1.76. The summed E-state index contributed by atoms with van der Waals surface area (Å²) in [6.07, 6.45) is 0. The summed E-state index contributed by atoms with van der Waals surface area (Å²) < 4.78 is 0. The Bertz CT molecular complexity index is 333. The van der Waals surface area contributed by atoms with Crippen LogP contribution in [0.2, 0.25) is 0 Å². The Labute approximate surface area is 91.0 Å². The summed E-state index contributed by atoms with van der Waals surface area (Å²) >= 11 is 0. The second-order valence-corrected chi connectivity index (χ2v) is 2.69. The molecule has 0 amide bonds. The fraction of sp³-hybridized carbons (Fsp3) is 0.571. The quantitative estimate of drug-likeness (QED) is 0.335. The van der Waals surface area contributed by atoms with E-state index in [1.165, 1.54) is 0 Å². The van der Waals surface area contributed by atoms with Crippen LogP contribution in [0.5, 0.6) is 0 Å². The first kappa shape index (κ1) is 12.5. The van der Waals surface area contributed by atoms with Crippen LogP contribution in [0.1, 0.15) is 5.82 Å². The van der Waals surface area contributed by atoms with Crippen molar-refractivity contribution in [2.24, 2.45) is 0 Å². The molecule has 1 heterocycles. The van der Waals surface area contributed by atoms with Gasteiger partial charge in [-0.05, 0) is 0 Å². The van der Waals surface area contributed by atoms with E-state index in [1.807, 2.05) is 0 Å². The van der Waals surface area contributed by atoms with Gasteiger partial charge in [0.15, 0.2) is 5.82 Å². The van der Waals surface area contributed by atoms with E-state index in [1.54, 1.807) is 0 Å². The number of hydrogen-bond donors (Lipinski definition) is 5. The lowest BCUT2D eigenvalue weighted by molar-refractivity contribution is 0.219. The van der Waals surface area contributed by atoms with Crippen LogP contribution in [0.4, 0.5) is 11.9 Å². The molecule has 1 aromatic heterocycles. The van der Waals surface area contributed by atoms with E-state index in [2.05, 4.69) is 20.3 Å². The van der Waals surface area contributed by atoms with Gasteiger partial charge in [-0.15, -0.1) is 0 Å². The molecule has 0 radical (unpaired) electrons. The SMILES string of the molecule is OCNc1nc(CO)nc(N(CO)CO)n1. The summed E-state index contributed by atoms with van der Waals surface area (Å²) in [5.74, 6) is 0.108. The van der Waals surface area contributed by atoms with E-state index in [4.69, 9.17) is 20.4 Å². The third kappa shape index (κ3) is 2.97. The molecule has 0 aromatic carbocycles. The van der Waals surface area contributed by atoms with E-state index >= 15 is 0 Å². The van der Waals surface area contributed by atoms with Gasteiger partial charge in [0.1, 0.15) is 26.8 Å². The van der Waals surface area contributed by atoms with Gasteiger partial charge in [-0.2, -0.15) is 15.0 Å². The minimum atomic E-state index is -0.482. The Kier molecular flexibility index (Phi) is 4.79. The monoisotopic (exact) mass is 231 g/mol. The van der Waals surface area contributed by atoms with E-state index < -0.39 is 20.1 Å². The van der Waals surface area contributed by atoms with E-state index in [-0.39, 0.29) is 24.5 Å². The summed E-state index contributed by atoms with van der Waals surface area (Å²) in [5, 5.41) is 37.7. The third-order valence-electron chi connectivity index (χ3n) is 1.67. The minimum Gasteiger partial charge on any atom is -0.388 e. The molecule has 1 aromatic rings. The predicted octanol–water partition coefficient (Wildman–Crippen LogP) is -2.57. The van der Waals surface area contributed by atoms with Crippen molar-refractivity contribution < 1.29 is 20.4 Å². The van der Waals surface area contributed by atoms with Crippen molar-refractivity contribution in [3.63, 3.8) is 0 Å². The molecular formula is C7H13N5O4. The second-order valence-electron chi connectivity index (χ2n) is 2.69. The van der Waals surface area contributed by atoms with Crippen molar-refractivity contribution in [3.8, 4) is 0 Å². The maximum Gasteiger partial charge on any atom is 0.234 e. The van der Waals surface area contributed by atoms with Crippen molar-refractivity contribution in [3.05, 3.63) is 5.82 Å². The van der Waals surface area contributed by atoms with Crippen molar-refractivity contribution in [1.82, 2.24) is 15.0 Å². The number of aromatic nitrogens is 3. The van der Waals surface area contributed by atoms with Gasteiger partial charge >= 0.3 is 0 Å². The molecule has 1 rings (SSSR count). The van der Waals surface area contributed by atoms with Crippen LogP contribution in [0.15, 0.2) is 0 Å². The zero-order valence-electron chi connectivity index (χ0n) is 8.41. The van der Waals surface area contributed by atoms with E-state index in [9.17, 15) is 0 Å². The lowest BCUT2D eigenvalue weighted by atomic mass is 10.6. The number of hydrogen-bond acceptors (Lipinski definition) is 9. The fourth-order valence-corrected chi connectivity index (χ4v) is 0.941. The maximum atomic E-state index is 8.90. The number of nitrogens with one attached hydrogen (secondary N) is 1. The lowest BCUT2D eigenvalue weighted by Crippen LogP contribution is -2.28. The van der Waals surface area contributed by atoms with Gasteiger partial charge in [-0.25, -0.2) is 0 Å². The highest BCUT2D eigenvalue weighted by atomic mass is 16.3. The second kappa shape index (κ2) is 6.12. The normalized spacial score (nSPS) is 10.2. The molecular weight excluding hydrogens is 218 g/mol. The first-order valence-corrected chi connectivity index (χ1v) is 4.42. The molecule has 0 atom stereocenters. The molecule has 9 nitrogen and oxygen atoms in total.